The zero-order chi connectivity index (χ0) is 27.4. The monoisotopic (exact) mass is 568 g/mol. The Kier molecular flexibility index (Phi) is 6.97. The average molecular weight is 570 g/mol. The van der Waals surface area contributed by atoms with Crippen molar-refractivity contribution < 1.29 is 14.7 Å². The average Bonchev–Trinajstić information content (AvgIpc) is 3.54. The van der Waals surface area contributed by atoms with Crippen LogP contribution in [0.2, 0.25) is 10.0 Å². The van der Waals surface area contributed by atoms with Crippen molar-refractivity contribution in [3.8, 4) is 6.07 Å². The van der Waals surface area contributed by atoms with Crippen molar-refractivity contribution >= 4 is 52.0 Å². The fourth-order valence-corrected chi connectivity index (χ4v) is 7.25. The Morgan fingerprint density at radius 3 is 2.26 bits per heavy atom. The Morgan fingerprint density at radius 1 is 1.11 bits per heavy atom. The highest BCUT2D eigenvalue weighted by Gasteiger charge is 2.54. The lowest BCUT2D eigenvalue weighted by Gasteiger charge is -2.37. The SMILES string of the molecule is CC(C)C1=C(C(=O)N2[C@H](C#N)CC[C@H]2C(=O)O)SC2=N[C@@](C)(c3ccc(Cl)cc3)[C@@H](c3ccc(Cl)cc3)N21. The molecule has 7 nitrogen and oxygen atoms in total. The number of hydrogen-bond donors (Lipinski definition) is 1. The molecule has 0 spiro atoms. The van der Waals surface area contributed by atoms with E-state index in [0.29, 0.717) is 26.5 Å². The maximum atomic E-state index is 14.0. The molecule has 5 rings (SSSR count). The quantitative estimate of drug-likeness (QED) is 0.461. The fraction of sp³-hybridized carbons (Fsp3) is 0.357. The van der Waals surface area contributed by atoms with Gasteiger partial charge in [0.15, 0.2) is 5.17 Å². The van der Waals surface area contributed by atoms with E-state index in [1.807, 2.05) is 62.4 Å². The number of thioether (sulfide) groups is 1. The third-order valence-corrected chi connectivity index (χ3v) is 8.98. The minimum Gasteiger partial charge on any atom is -0.480 e. The number of likely N-dealkylation sites (tertiary alicyclic amines) is 1. The van der Waals surface area contributed by atoms with E-state index in [9.17, 15) is 20.0 Å². The van der Waals surface area contributed by atoms with E-state index in [1.54, 1.807) is 0 Å². The van der Waals surface area contributed by atoms with Crippen LogP contribution in [-0.2, 0) is 15.1 Å². The molecule has 0 radical (unpaired) electrons. The number of rotatable bonds is 5. The van der Waals surface area contributed by atoms with Gasteiger partial charge in [0.05, 0.1) is 12.1 Å². The van der Waals surface area contributed by atoms with Crippen molar-refractivity contribution in [3.05, 3.63) is 80.3 Å². The molecule has 1 N–H and O–H groups in total. The number of carbonyl (C=O) groups excluding carboxylic acids is 1. The lowest BCUT2D eigenvalue weighted by molar-refractivity contribution is -0.147. The van der Waals surface area contributed by atoms with E-state index in [-0.39, 0.29) is 18.4 Å². The number of benzene rings is 2. The maximum absolute atomic E-state index is 14.0. The number of amides is 1. The van der Waals surface area contributed by atoms with Gasteiger partial charge in [-0.3, -0.25) is 4.79 Å². The van der Waals surface area contributed by atoms with Crippen molar-refractivity contribution in [3.63, 3.8) is 0 Å². The van der Waals surface area contributed by atoms with Gasteiger partial charge in [-0.05, 0) is 72.8 Å². The van der Waals surface area contributed by atoms with Crippen LogP contribution in [0.15, 0.2) is 64.1 Å². The molecule has 38 heavy (non-hydrogen) atoms. The van der Waals surface area contributed by atoms with Crippen LogP contribution in [0.1, 0.15) is 50.8 Å². The minimum absolute atomic E-state index is 0.0806. The summed E-state index contributed by atoms with van der Waals surface area (Å²) in [5, 5.41) is 21.4. The summed E-state index contributed by atoms with van der Waals surface area (Å²) in [6.45, 7) is 6.07. The molecule has 10 heteroatoms. The van der Waals surface area contributed by atoms with Gasteiger partial charge in [-0.2, -0.15) is 5.26 Å². The molecular formula is C28H26Cl2N4O3S. The summed E-state index contributed by atoms with van der Waals surface area (Å²) in [4.78, 5) is 34.9. The Morgan fingerprint density at radius 2 is 1.71 bits per heavy atom. The first kappa shape index (κ1) is 26.6. The molecule has 2 aromatic rings. The first-order valence-corrected chi connectivity index (χ1v) is 13.9. The number of carboxylic acid groups (broad SMARTS) is 1. The Balaban J connectivity index is 1.65. The number of nitrogens with zero attached hydrogens (tertiary/aromatic N) is 4. The van der Waals surface area contributed by atoms with E-state index >= 15 is 0 Å². The molecule has 0 saturated carbocycles. The molecule has 196 valence electrons. The summed E-state index contributed by atoms with van der Waals surface area (Å²) in [6, 6.07) is 15.2. The van der Waals surface area contributed by atoms with Crippen molar-refractivity contribution in [1.29, 1.82) is 5.26 Å². The molecule has 3 aliphatic rings. The Bertz CT molecular complexity index is 1400. The van der Waals surface area contributed by atoms with Crippen LogP contribution in [0.25, 0.3) is 0 Å². The molecule has 0 aromatic heterocycles. The van der Waals surface area contributed by atoms with Gasteiger partial charge in [0, 0.05) is 15.7 Å². The fourth-order valence-electron chi connectivity index (χ4n) is 5.65. The molecule has 1 amide bonds. The highest BCUT2D eigenvalue weighted by Crippen LogP contribution is 2.56. The van der Waals surface area contributed by atoms with Crippen LogP contribution in [0, 0.1) is 17.2 Å². The largest absolute Gasteiger partial charge is 0.480 e. The number of nitriles is 1. The van der Waals surface area contributed by atoms with Crippen molar-refractivity contribution in [2.45, 2.75) is 57.3 Å². The Hall–Kier alpha value is -2.99. The van der Waals surface area contributed by atoms with Crippen LogP contribution in [0.3, 0.4) is 0 Å². The van der Waals surface area contributed by atoms with E-state index < -0.39 is 29.5 Å². The van der Waals surface area contributed by atoms with Gasteiger partial charge < -0.3 is 14.9 Å². The number of halogens is 2. The molecule has 3 heterocycles. The van der Waals surface area contributed by atoms with Gasteiger partial charge >= 0.3 is 5.97 Å². The van der Waals surface area contributed by atoms with Gasteiger partial charge in [0.2, 0.25) is 0 Å². The van der Waals surface area contributed by atoms with Gasteiger partial charge in [-0.1, -0.05) is 61.3 Å². The second-order valence-electron chi connectivity index (χ2n) is 10.1. The molecule has 0 aliphatic carbocycles. The third-order valence-electron chi connectivity index (χ3n) is 7.42. The molecule has 4 atom stereocenters. The summed E-state index contributed by atoms with van der Waals surface area (Å²) >= 11 is 13.7. The van der Waals surface area contributed by atoms with E-state index in [4.69, 9.17) is 28.2 Å². The Labute approximate surface area is 235 Å². The standard InChI is InChI=1S/C28H26Cl2N4O3S/c1-15(2)22-23(25(35)33-20(14-31)12-13-21(33)26(36)37)38-27-32-28(3,17-6-10-19(30)11-7-17)24(34(22)27)16-4-8-18(29)9-5-16/h4-11,15,20-21,24H,12-13H2,1-3H3,(H,36,37)/t20-,21-,24+,28-/m0/s1. The van der Waals surface area contributed by atoms with Gasteiger partial charge in [0.1, 0.15) is 22.5 Å². The zero-order valence-electron chi connectivity index (χ0n) is 21.1. The number of aliphatic carboxylic acids is 1. The predicted octanol–water partition coefficient (Wildman–Crippen LogP) is 6.20. The molecule has 0 bridgehead atoms. The van der Waals surface area contributed by atoms with Crippen molar-refractivity contribution in [2.75, 3.05) is 0 Å². The summed E-state index contributed by atoms with van der Waals surface area (Å²) in [7, 11) is 0. The smallest absolute Gasteiger partial charge is 0.326 e. The third kappa shape index (κ3) is 4.27. The lowest BCUT2D eigenvalue weighted by atomic mass is 9.81. The van der Waals surface area contributed by atoms with Crippen LogP contribution in [-0.4, -0.2) is 44.0 Å². The van der Waals surface area contributed by atoms with Crippen LogP contribution >= 0.6 is 35.0 Å². The number of hydrogen-bond acceptors (Lipinski definition) is 6. The number of carbonyl (C=O) groups is 2. The number of aliphatic imine (C=N–C) groups is 1. The number of amidine groups is 1. The number of fused-ring (bicyclic) bond motifs is 1. The van der Waals surface area contributed by atoms with E-state index in [1.165, 1.54) is 16.7 Å². The van der Waals surface area contributed by atoms with E-state index in [0.717, 1.165) is 16.8 Å². The second-order valence-corrected chi connectivity index (χ2v) is 12.0. The number of carboxylic acids is 1. The first-order valence-electron chi connectivity index (χ1n) is 12.3. The number of allylic oxidation sites excluding steroid dienone is 1. The maximum Gasteiger partial charge on any atom is 0.326 e. The van der Waals surface area contributed by atoms with Crippen molar-refractivity contribution in [1.82, 2.24) is 9.80 Å². The molecule has 2 aromatic carbocycles. The summed E-state index contributed by atoms with van der Waals surface area (Å²) in [6.07, 6.45) is 0.585. The van der Waals surface area contributed by atoms with Gasteiger partial charge in [-0.25, -0.2) is 9.79 Å². The lowest BCUT2D eigenvalue weighted by Crippen LogP contribution is -2.45. The molecular weight excluding hydrogens is 543 g/mol. The summed E-state index contributed by atoms with van der Waals surface area (Å²) < 4.78 is 0. The van der Waals surface area contributed by atoms with Crippen molar-refractivity contribution in [2.24, 2.45) is 10.9 Å². The topological polar surface area (TPSA) is 97.0 Å². The summed E-state index contributed by atoms with van der Waals surface area (Å²) in [5.74, 6) is -1.61. The van der Waals surface area contributed by atoms with Gasteiger partial charge in [-0.15, -0.1) is 0 Å². The highest BCUT2D eigenvalue weighted by molar-refractivity contribution is 8.18. The minimum atomic E-state index is -1.10. The van der Waals surface area contributed by atoms with E-state index in [2.05, 4.69) is 17.9 Å². The first-order chi connectivity index (χ1) is 18.1. The van der Waals surface area contributed by atoms with Crippen LogP contribution < -0.4 is 0 Å². The molecule has 3 aliphatic heterocycles. The summed E-state index contributed by atoms with van der Waals surface area (Å²) in [5.41, 5.74) is 2.00. The van der Waals surface area contributed by atoms with Crippen LogP contribution in [0.4, 0.5) is 0 Å². The molecule has 0 unspecified atom stereocenters. The van der Waals surface area contributed by atoms with Crippen LogP contribution in [0.5, 0.6) is 0 Å². The second kappa shape index (κ2) is 9.96. The van der Waals surface area contributed by atoms with Gasteiger partial charge in [0.25, 0.3) is 5.91 Å². The highest BCUT2D eigenvalue weighted by atomic mass is 35.5. The predicted molar refractivity (Wildman–Crippen MR) is 149 cm³/mol. The molecule has 1 saturated heterocycles. The zero-order valence-corrected chi connectivity index (χ0v) is 23.4. The normalized spacial score (nSPS) is 26.6. The molecule has 1 fully saturated rings.